The summed E-state index contributed by atoms with van der Waals surface area (Å²) < 4.78 is 0. The van der Waals surface area contributed by atoms with E-state index in [1.54, 1.807) is 30.3 Å². The summed E-state index contributed by atoms with van der Waals surface area (Å²) in [5.74, 6) is -1.26. The Hall–Kier alpha value is -3.68. The number of rotatable bonds is 5. The predicted molar refractivity (Wildman–Crippen MR) is 107 cm³/mol. The first-order valence-corrected chi connectivity index (χ1v) is 8.76. The van der Waals surface area contributed by atoms with Crippen molar-refractivity contribution in [2.45, 2.75) is 19.4 Å². The van der Waals surface area contributed by atoms with Crippen molar-refractivity contribution in [3.8, 4) is 0 Å². The molecule has 0 spiro atoms. The smallest absolute Gasteiger partial charge is 0.271 e. The number of primary amides is 1. The minimum atomic E-state index is -0.735. The summed E-state index contributed by atoms with van der Waals surface area (Å²) in [5.41, 5.74) is 8.10. The monoisotopic (exact) mass is 379 g/mol. The van der Waals surface area contributed by atoms with Gasteiger partial charge < -0.3 is 16.4 Å². The van der Waals surface area contributed by atoms with Gasteiger partial charge in [0.25, 0.3) is 11.8 Å². The third kappa shape index (κ3) is 3.85. The molecule has 1 aliphatic rings. The maximum Gasteiger partial charge on any atom is 0.271 e. The molecule has 8 heteroatoms. The number of nitrogens with one attached hydrogen (secondary N) is 2. The number of hydrazone groups is 1. The summed E-state index contributed by atoms with van der Waals surface area (Å²) in [7, 11) is 1.54. The van der Waals surface area contributed by atoms with Crippen LogP contribution in [0.2, 0.25) is 0 Å². The van der Waals surface area contributed by atoms with Gasteiger partial charge in [0.1, 0.15) is 11.8 Å². The zero-order valence-electron chi connectivity index (χ0n) is 15.6. The van der Waals surface area contributed by atoms with E-state index in [1.165, 1.54) is 12.1 Å². The number of nitrogens with zero attached hydrogens (tertiary/aromatic N) is 2. The molecule has 1 heterocycles. The lowest BCUT2D eigenvalue weighted by Crippen LogP contribution is -2.39. The average molecular weight is 379 g/mol. The molecule has 8 nitrogen and oxygen atoms in total. The van der Waals surface area contributed by atoms with E-state index >= 15 is 0 Å². The molecule has 0 aromatic heterocycles. The Morgan fingerprint density at radius 1 is 1.11 bits per heavy atom. The number of nitrogens with two attached hydrogens (primary N) is 1. The molecule has 0 bridgehead atoms. The van der Waals surface area contributed by atoms with E-state index in [0.29, 0.717) is 16.9 Å². The van der Waals surface area contributed by atoms with Crippen molar-refractivity contribution in [1.82, 2.24) is 5.32 Å². The molecule has 1 atom stereocenters. The summed E-state index contributed by atoms with van der Waals surface area (Å²) in [6.45, 7) is 1.82. The number of amides is 3. The zero-order chi connectivity index (χ0) is 20.3. The van der Waals surface area contributed by atoms with Gasteiger partial charge in [-0.25, -0.2) is 0 Å². The van der Waals surface area contributed by atoms with Crippen molar-refractivity contribution in [2.75, 3.05) is 17.4 Å². The van der Waals surface area contributed by atoms with Gasteiger partial charge in [-0.05, 0) is 36.8 Å². The van der Waals surface area contributed by atoms with Crippen LogP contribution in [0.4, 0.5) is 11.4 Å². The fourth-order valence-electron chi connectivity index (χ4n) is 2.92. The zero-order valence-corrected chi connectivity index (χ0v) is 15.6. The van der Waals surface area contributed by atoms with E-state index in [-0.39, 0.29) is 18.0 Å². The second kappa shape index (κ2) is 7.91. The van der Waals surface area contributed by atoms with Gasteiger partial charge in [0.2, 0.25) is 5.91 Å². The van der Waals surface area contributed by atoms with Gasteiger partial charge in [-0.1, -0.05) is 24.3 Å². The first-order valence-electron chi connectivity index (χ1n) is 8.76. The van der Waals surface area contributed by atoms with Crippen molar-refractivity contribution >= 4 is 34.8 Å². The molecule has 0 radical (unpaired) electrons. The molecule has 0 fully saturated rings. The molecule has 2 aromatic rings. The number of hydrogen-bond donors (Lipinski definition) is 3. The highest BCUT2D eigenvalue weighted by Gasteiger charge is 2.35. The van der Waals surface area contributed by atoms with Gasteiger partial charge in [-0.3, -0.25) is 19.4 Å². The summed E-state index contributed by atoms with van der Waals surface area (Å²) >= 11 is 0. The maximum atomic E-state index is 12.7. The molecule has 0 aliphatic carbocycles. The topological polar surface area (TPSA) is 117 Å². The first kappa shape index (κ1) is 19.1. The Balaban J connectivity index is 1.85. The molecule has 0 saturated heterocycles. The highest BCUT2D eigenvalue weighted by atomic mass is 16.2. The third-order valence-electron chi connectivity index (χ3n) is 4.50. The van der Waals surface area contributed by atoms with E-state index < -0.39 is 17.9 Å². The van der Waals surface area contributed by atoms with Gasteiger partial charge in [0.15, 0.2) is 0 Å². The van der Waals surface area contributed by atoms with Gasteiger partial charge in [0.05, 0.1) is 5.69 Å². The maximum absolute atomic E-state index is 12.7. The SMILES string of the molecule is CNC(=O)c1ccc(C)c(NC(=O)C2=NN(c3ccccc3)[C@H](C(N)=O)C2)c1. The van der Waals surface area contributed by atoms with E-state index in [4.69, 9.17) is 5.73 Å². The van der Waals surface area contributed by atoms with E-state index in [9.17, 15) is 14.4 Å². The molecule has 4 N–H and O–H groups in total. The fraction of sp³-hybridized carbons (Fsp3) is 0.200. The van der Waals surface area contributed by atoms with Crippen LogP contribution in [0.15, 0.2) is 53.6 Å². The molecule has 0 unspecified atom stereocenters. The number of hydrogen-bond acceptors (Lipinski definition) is 5. The average Bonchev–Trinajstić information content (AvgIpc) is 3.15. The quantitative estimate of drug-likeness (QED) is 0.728. The molecule has 0 saturated carbocycles. The Bertz CT molecular complexity index is 956. The Morgan fingerprint density at radius 3 is 2.46 bits per heavy atom. The Labute approximate surface area is 162 Å². The molecule has 3 rings (SSSR count). The third-order valence-corrected chi connectivity index (χ3v) is 4.50. The highest BCUT2D eigenvalue weighted by molar-refractivity contribution is 6.44. The van der Waals surface area contributed by atoms with Crippen molar-refractivity contribution in [1.29, 1.82) is 0 Å². The minimum absolute atomic E-state index is 0.101. The van der Waals surface area contributed by atoms with Gasteiger partial charge >= 0.3 is 0 Å². The van der Waals surface area contributed by atoms with E-state index in [2.05, 4.69) is 15.7 Å². The summed E-state index contributed by atoms with van der Waals surface area (Å²) in [4.78, 5) is 36.4. The van der Waals surface area contributed by atoms with E-state index in [1.807, 2.05) is 25.1 Å². The highest BCUT2D eigenvalue weighted by Crippen LogP contribution is 2.25. The lowest BCUT2D eigenvalue weighted by molar-refractivity contribution is -0.119. The predicted octanol–water partition coefficient (Wildman–Crippen LogP) is 1.41. The number of carbonyl (C=O) groups excluding carboxylic acids is 3. The van der Waals surface area contributed by atoms with Gasteiger partial charge in [0, 0.05) is 24.7 Å². The fourth-order valence-corrected chi connectivity index (χ4v) is 2.92. The number of anilines is 2. The lowest BCUT2D eigenvalue weighted by Gasteiger charge is -2.20. The Kier molecular flexibility index (Phi) is 5.39. The molecular weight excluding hydrogens is 358 g/mol. The van der Waals surface area contributed by atoms with Gasteiger partial charge in [-0.2, -0.15) is 5.10 Å². The van der Waals surface area contributed by atoms with Crippen LogP contribution in [0.3, 0.4) is 0 Å². The van der Waals surface area contributed by atoms with Crippen LogP contribution >= 0.6 is 0 Å². The van der Waals surface area contributed by atoms with Crippen LogP contribution in [0.5, 0.6) is 0 Å². The van der Waals surface area contributed by atoms with Gasteiger partial charge in [-0.15, -0.1) is 0 Å². The molecule has 2 aromatic carbocycles. The van der Waals surface area contributed by atoms with Crippen LogP contribution in [-0.2, 0) is 9.59 Å². The summed E-state index contributed by atoms with van der Waals surface area (Å²) in [6.07, 6.45) is 0.101. The number of aryl methyl sites for hydroxylation is 1. The van der Waals surface area contributed by atoms with E-state index in [0.717, 1.165) is 5.56 Å². The largest absolute Gasteiger partial charge is 0.368 e. The first-order chi connectivity index (χ1) is 13.4. The van der Waals surface area contributed by atoms with Crippen molar-refractivity contribution < 1.29 is 14.4 Å². The molecule has 144 valence electrons. The van der Waals surface area contributed by atoms with Crippen LogP contribution < -0.4 is 21.4 Å². The van der Waals surface area contributed by atoms with Crippen LogP contribution in [0, 0.1) is 6.92 Å². The minimum Gasteiger partial charge on any atom is -0.368 e. The second-order valence-corrected chi connectivity index (χ2v) is 6.41. The van der Waals surface area contributed by atoms with Crippen LogP contribution in [0.1, 0.15) is 22.3 Å². The summed E-state index contributed by atoms with van der Waals surface area (Å²) in [6, 6.07) is 13.3. The number of benzene rings is 2. The second-order valence-electron chi connectivity index (χ2n) is 6.41. The Morgan fingerprint density at radius 2 is 1.82 bits per heavy atom. The van der Waals surface area contributed by atoms with Crippen LogP contribution in [0.25, 0.3) is 0 Å². The molecular formula is C20H21N5O3. The molecule has 28 heavy (non-hydrogen) atoms. The standard InChI is InChI=1S/C20H21N5O3/c1-12-8-9-13(19(27)22-2)10-15(12)23-20(28)16-11-17(18(21)26)25(24-16)14-6-4-3-5-7-14/h3-10,17H,11H2,1-2H3,(H2,21,26)(H,22,27)(H,23,28)/t17-/m0/s1. The van der Waals surface area contributed by atoms with Crippen molar-refractivity contribution in [3.05, 3.63) is 59.7 Å². The van der Waals surface area contributed by atoms with Crippen LogP contribution in [-0.4, -0.2) is 36.5 Å². The normalized spacial score (nSPS) is 15.7. The van der Waals surface area contributed by atoms with Crippen molar-refractivity contribution in [3.63, 3.8) is 0 Å². The molecule has 3 amide bonds. The number of para-hydroxylation sites is 1. The number of carbonyl (C=O) groups is 3. The summed E-state index contributed by atoms with van der Waals surface area (Å²) in [5, 5.41) is 11.1. The molecule has 1 aliphatic heterocycles. The lowest BCUT2D eigenvalue weighted by atomic mass is 10.1. The van der Waals surface area contributed by atoms with Crippen molar-refractivity contribution in [2.24, 2.45) is 10.8 Å².